The number of aliphatic carboxylic acids is 1. The van der Waals surface area contributed by atoms with E-state index in [2.05, 4.69) is 31.1 Å². The number of carbonyl (C=O) groups is 1. The number of carboxylic acid groups (broad SMARTS) is 1. The zero-order valence-electron chi connectivity index (χ0n) is 7.92. The molecule has 0 radical (unpaired) electrons. The van der Waals surface area contributed by atoms with Gasteiger partial charge in [-0.15, -0.1) is 0 Å². The molecule has 0 bridgehead atoms. The van der Waals surface area contributed by atoms with E-state index in [0.717, 1.165) is 4.47 Å². The Hall–Kier alpha value is -1.76. The van der Waals surface area contributed by atoms with Crippen molar-refractivity contribution in [3.8, 4) is 11.4 Å². The lowest BCUT2D eigenvalue weighted by Crippen LogP contribution is -1.99. The highest BCUT2D eigenvalue weighted by Crippen LogP contribution is 2.18. The first kappa shape index (κ1) is 10.7. The fourth-order valence-corrected chi connectivity index (χ4v) is 1.47. The van der Waals surface area contributed by atoms with Gasteiger partial charge < -0.3 is 9.63 Å². The van der Waals surface area contributed by atoms with E-state index in [1.807, 2.05) is 0 Å². The molecule has 0 saturated carbocycles. The monoisotopic (exact) mass is 283 g/mol. The molecule has 0 amide bonds. The maximum atomic E-state index is 10.4. The third kappa shape index (κ3) is 2.43. The minimum absolute atomic E-state index is 0.0717. The van der Waals surface area contributed by atoms with Gasteiger partial charge in [0.2, 0.25) is 11.7 Å². The van der Waals surface area contributed by atoms with Gasteiger partial charge in [-0.2, -0.15) is 4.98 Å². The Morgan fingerprint density at radius 1 is 1.50 bits per heavy atom. The smallest absolute Gasteiger partial charge is 0.312 e. The zero-order chi connectivity index (χ0) is 11.5. The molecule has 0 aliphatic carbocycles. The zero-order valence-corrected chi connectivity index (χ0v) is 9.51. The molecule has 0 saturated heterocycles. The fourth-order valence-electron chi connectivity index (χ4n) is 1.11. The molecule has 0 spiro atoms. The van der Waals surface area contributed by atoms with Gasteiger partial charge in [0.05, 0.1) is 0 Å². The minimum atomic E-state index is -1.01. The lowest BCUT2D eigenvalue weighted by molar-refractivity contribution is -0.136. The molecular formula is C9H6BrN3O3. The molecule has 2 aromatic rings. The van der Waals surface area contributed by atoms with Crippen LogP contribution < -0.4 is 0 Å². The van der Waals surface area contributed by atoms with Crippen LogP contribution in [0.25, 0.3) is 11.4 Å². The minimum Gasteiger partial charge on any atom is -0.481 e. The van der Waals surface area contributed by atoms with Gasteiger partial charge in [0.25, 0.3) is 0 Å². The van der Waals surface area contributed by atoms with Crippen LogP contribution in [-0.2, 0) is 11.2 Å². The molecular weight excluding hydrogens is 278 g/mol. The first-order valence-corrected chi connectivity index (χ1v) is 5.10. The van der Waals surface area contributed by atoms with E-state index in [1.54, 1.807) is 18.5 Å². The average molecular weight is 284 g/mol. The van der Waals surface area contributed by atoms with Gasteiger partial charge >= 0.3 is 5.97 Å². The predicted octanol–water partition coefficient (Wildman–Crippen LogP) is 1.52. The summed E-state index contributed by atoms with van der Waals surface area (Å²) in [7, 11) is 0. The summed E-state index contributed by atoms with van der Waals surface area (Å²) in [6, 6.07) is 1.77. The third-order valence-electron chi connectivity index (χ3n) is 1.73. The van der Waals surface area contributed by atoms with Crippen LogP contribution in [0.2, 0.25) is 0 Å². The van der Waals surface area contributed by atoms with Crippen molar-refractivity contribution >= 4 is 21.9 Å². The van der Waals surface area contributed by atoms with Crippen LogP contribution >= 0.6 is 15.9 Å². The van der Waals surface area contributed by atoms with Gasteiger partial charge in [0.15, 0.2) is 0 Å². The van der Waals surface area contributed by atoms with E-state index in [4.69, 9.17) is 9.63 Å². The van der Waals surface area contributed by atoms with Crippen LogP contribution in [0.1, 0.15) is 5.89 Å². The average Bonchev–Trinajstić information content (AvgIpc) is 2.65. The molecule has 16 heavy (non-hydrogen) atoms. The Morgan fingerprint density at radius 3 is 3.00 bits per heavy atom. The van der Waals surface area contributed by atoms with E-state index in [0.29, 0.717) is 11.4 Å². The molecule has 82 valence electrons. The van der Waals surface area contributed by atoms with Crippen molar-refractivity contribution in [3.63, 3.8) is 0 Å². The number of halogens is 1. The van der Waals surface area contributed by atoms with Crippen LogP contribution in [0.15, 0.2) is 27.5 Å². The summed E-state index contributed by atoms with van der Waals surface area (Å²) in [5, 5.41) is 12.2. The molecule has 2 aromatic heterocycles. The highest BCUT2D eigenvalue weighted by molar-refractivity contribution is 9.10. The molecule has 0 fully saturated rings. The molecule has 0 aromatic carbocycles. The Balaban J connectivity index is 2.28. The van der Waals surface area contributed by atoms with Crippen molar-refractivity contribution in [2.24, 2.45) is 0 Å². The second-order valence-electron chi connectivity index (χ2n) is 2.97. The Kier molecular flexibility index (Phi) is 2.95. The van der Waals surface area contributed by atoms with Gasteiger partial charge in [0, 0.05) is 22.4 Å². The van der Waals surface area contributed by atoms with E-state index >= 15 is 0 Å². The van der Waals surface area contributed by atoms with Gasteiger partial charge in [-0.25, -0.2) is 0 Å². The number of carboxylic acids is 1. The van der Waals surface area contributed by atoms with E-state index in [1.165, 1.54) is 0 Å². The third-order valence-corrected chi connectivity index (χ3v) is 2.17. The molecule has 2 heterocycles. The predicted molar refractivity (Wildman–Crippen MR) is 56.6 cm³/mol. The number of nitrogens with zero attached hydrogens (tertiary/aromatic N) is 3. The van der Waals surface area contributed by atoms with Gasteiger partial charge in [-0.05, 0) is 22.0 Å². The summed E-state index contributed by atoms with van der Waals surface area (Å²) in [5.74, 6) is -0.616. The summed E-state index contributed by atoms with van der Waals surface area (Å²) in [6.45, 7) is 0. The summed E-state index contributed by atoms with van der Waals surface area (Å²) < 4.78 is 5.57. The first-order chi connectivity index (χ1) is 7.65. The number of hydrogen-bond acceptors (Lipinski definition) is 5. The second-order valence-corrected chi connectivity index (χ2v) is 3.89. The molecule has 0 unspecified atom stereocenters. The Bertz CT molecular complexity index is 526. The van der Waals surface area contributed by atoms with Crippen LogP contribution in [0, 0.1) is 0 Å². The number of rotatable bonds is 3. The Labute approximate surface area is 98.4 Å². The SMILES string of the molecule is O=C(O)Cc1nc(-c2cncc(Br)c2)no1. The number of hydrogen-bond donors (Lipinski definition) is 1. The van der Waals surface area contributed by atoms with E-state index in [9.17, 15) is 4.79 Å². The maximum Gasteiger partial charge on any atom is 0.312 e. The van der Waals surface area contributed by atoms with Gasteiger partial charge in [0.1, 0.15) is 6.42 Å². The molecule has 0 atom stereocenters. The van der Waals surface area contributed by atoms with Crippen molar-refractivity contribution < 1.29 is 14.4 Å². The lowest BCUT2D eigenvalue weighted by atomic mass is 10.3. The normalized spacial score (nSPS) is 10.3. The van der Waals surface area contributed by atoms with Crippen LogP contribution in [0.4, 0.5) is 0 Å². The quantitative estimate of drug-likeness (QED) is 0.919. The summed E-state index contributed by atoms with van der Waals surface area (Å²) in [5.41, 5.74) is 0.662. The van der Waals surface area contributed by atoms with Gasteiger partial charge in [-0.3, -0.25) is 9.78 Å². The highest BCUT2D eigenvalue weighted by Gasteiger charge is 2.11. The van der Waals surface area contributed by atoms with E-state index < -0.39 is 5.97 Å². The highest BCUT2D eigenvalue weighted by atomic mass is 79.9. The molecule has 1 N–H and O–H groups in total. The molecule has 6 nitrogen and oxygen atoms in total. The van der Waals surface area contributed by atoms with Crippen molar-refractivity contribution in [2.75, 3.05) is 0 Å². The summed E-state index contributed by atoms with van der Waals surface area (Å²) in [4.78, 5) is 18.3. The van der Waals surface area contributed by atoms with Crippen LogP contribution in [-0.4, -0.2) is 26.2 Å². The topological polar surface area (TPSA) is 89.1 Å². The second kappa shape index (κ2) is 4.40. The van der Waals surface area contributed by atoms with E-state index in [-0.39, 0.29) is 12.3 Å². The molecule has 2 rings (SSSR count). The first-order valence-electron chi connectivity index (χ1n) is 4.30. The number of aromatic nitrogens is 3. The van der Waals surface area contributed by atoms with Crippen LogP contribution in [0.5, 0.6) is 0 Å². The number of pyridine rings is 1. The molecule has 7 heteroatoms. The Morgan fingerprint density at radius 2 is 2.31 bits per heavy atom. The molecule has 0 aliphatic heterocycles. The maximum absolute atomic E-state index is 10.4. The van der Waals surface area contributed by atoms with Crippen LogP contribution in [0.3, 0.4) is 0 Å². The summed E-state index contributed by atoms with van der Waals surface area (Å²) >= 11 is 3.26. The van der Waals surface area contributed by atoms with Crippen molar-refractivity contribution in [3.05, 3.63) is 28.8 Å². The van der Waals surface area contributed by atoms with Crippen molar-refractivity contribution in [1.82, 2.24) is 15.1 Å². The standard InChI is InChI=1S/C9H6BrN3O3/c10-6-1-5(3-11-4-6)9-12-7(16-13-9)2-8(14)15/h1,3-4H,2H2,(H,14,15). The van der Waals surface area contributed by atoms with Crippen molar-refractivity contribution in [2.45, 2.75) is 6.42 Å². The van der Waals surface area contributed by atoms with Gasteiger partial charge in [-0.1, -0.05) is 5.16 Å². The molecule has 0 aliphatic rings. The van der Waals surface area contributed by atoms with Crippen molar-refractivity contribution in [1.29, 1.82) is 0 Å². The fraction of sp³-hybridized carbons (Fsp3) is 0.111. The lowest BCUT2D eigenvalue weighted by Gasteiger charge is -1.93. The largest absolute Gasteiger partial charge is 0.481 e. The summed E-state index contributed by atoms with van der Waals surface area (Å²) in [6.07, 6.45) is 2.91.